The summed E-state index contributed by atoms with van der Waals surface area (Å²) in [5, 5.41) is 23.3. The Kier molecular flexibility index (Phi) is 9.56. The summed E-state index contributed by atoms with van der Waals surface area (Å²) >= 11 is 0. The van der Waals surface area contributed by atoms with E-state index in [9.17, 15) is 0 Å². The first kappa shape index (κ1) is 22.7. The van der Waals surface area contributed by atoms with Crippen molar-refractivity contribution < 1.29 is 0 Å². The van der Waals surface area contributed by atoms with Gasteiger partial charge in [-0.1, -0.05) is 37.6 Å². The van der Waals surface area contributed by atoms with Crippen LogP contribution in [0.4, 0.5) is 5.69 Å². The van der Waals surface area contributed by atoms with E-state index in [0.717, 1.165) is 18.7 Å². The average Bonchev–Trinajstić information content (AvgIpc) is 2.68. The van der Waals surface area contributed by atoms with E-state index in [1.165, 1.54) is 5.57 Å². The van der Waals surface area contributed by atoms with Crippen LogP contribution < -0.4 is 5.32 Å². The van der Waals surface area contributed by atoms with Gasteiger partial charge in [-0.2, -0.15) is 10.4 Å². The quantitative estimate of drug-likeness (QED) is 0.328. The largest absolute Gasteiger partial charge is 0.379 e. The van der Waals surface area contributed by atoms with Crippen molar-refractivity contribution in [3.8, 4) is 6.07 Å². The molecular weight excluding hydrogens is 334 g/mol. The first-order chi connectivity index (χ1) is 12.8. The molecule has 0 aliphatic heterocycles. The molecule has 5 heteroatoms. The summed E-state index contributed by atoms with van der Waals surface area (Å²) in [6.07, 6.45) is 3.05. The van der Waals surface area contributed by atoms with Gasteiger partial charge in [-0.05, 0) is 63.3 Å². The zero-order valence-electron chi connectivity index (χ0n) is 17.9. The Bertz CT molecular complexity index is 654. The SMILES string of the molecule is C/C=C(\C)C(CCN(C)/N=N\C(C)[C@@H](C)C(C)C)Nc1ccc(C#N)cc1. The zero-order valence-corrected chi connectivity index (χ0v) is 17.9. The Labute approximate surface area is 165 Å². The predicted octanol–water partition coefficient (Wildman–Crippen LogP) is 5.67. The molecule has 0 saturated heterocycles. The number of benzene rings is 1. The highest BCUT2D eigenvalue weighted by molar-refractivity contribution is 5.49. The molecule has 0 bridgehead atoms. The molecule has 0 radical (unpaired) electrons. The minimum atomic E-state index is 0.215. The van der Waals surface area contributed by atoms with Gasteiger partial charge < -0.3 is 5.32 Å². The summed E-state index contributed by atoms with van der Waals surface area (Å²) in [6.45, 7) is 13.8. The van der Waals surface area contributed by atoms with Crippen LogP contribution in [0.15, 0.2) is 46.3 Å². The lowest BCUT2D eigenvalue weighted by atomic mass is 9.92. The molecule has 3 atom stereocenters. The third-order valence-corrected chi connectivity index (χ3v) is 5.30. The molecule has 0 aliphatic rings. The molecule has 5 nitrogen and oxygen atoms in total. The molecule has 0 fully saturated rings. The number of nitrogens with one attached hydrogen (secondary N) is 1. The normalized spacial score (nSPS) is 15.4. The molecular formula is C22H35N5. The number of nitriles is 1. The van der Waals surface area contributed by atoms with Gasteiger partial charge in [0.15, 0.2) is 0 Å². The van der Waals surface area contributed by atoms with Crippen LogP contribution in [0.1, 0.15) is 53.5 Å². The number of hydrogen-bond donors (Lipinski definition) is 1. The summed E-state index contributed by atoms with van der Waals surface area (Å²) < 4.78 is 0. The number of rotatable bonds is 10. The number of hydrogen-bond acceptors (Lipinski definition) is 4. The molecule has 148 valence electrons. The molecule has 0 aliphatic carbocycles. The van der Waals surface area contributed by atoms with Crippen LogP contribution in [-0.4, -0.2) is 30.7 Å². The van der Waals surface area contributed by atoms with Crippen LogP contribution in [0.2, 0.25) is 0 Å². The van der Waals surface area contributed by atoms with E-state index >= 15 is 0 Å². The fourth-order valence-electron chi connectivity index (χ4n) is 2.65. The van der Waals surface area contributed by atoms with Gasteiger partial charge in [-0.3, -0.25) is 5.01 Å². The average molecular weight is 370 g/mol. The van der Waals surface area contributed by atoms with E-state index in [0.29, 0.717) is 17.4 Å². The van der Waals surface area contributed by atoms with Crippen molar-refractivity contribution >= 4 is 5.69 Å². The highest BCUT2D eigenvalue weighted by Crippen LogP contribution is 2.18. The molecule has 0 amide bonds. The smallest absolute Gasteiger partial charge is 0.0991 e. The van der Waals surface area contributed by atoms with Crippen molar-refractivity contribution in [2.45, 2.75) is 60.0 Å². The van der Waals surface area contributed by atoms with E-state index in [2.05, 4.69) is 69.3 Å². The molecule has 0 heterocycles. The predicted molar refractivity (Wildman–Crippen MR) is 114 cm³/mol. The standard InChI is InChI=1S/C22H35N5/c1-8-17(4)22(24-21-11-9-20(15-23)10-12-21)13-14-27(7)26-25-19(6)18(5)16(2)3/h8-12,16,18-19,22,24H,13-14H2,1-7H3/b17-8+,26-25-/t18-,19?,22?/m0/s1. The van der Waals surface area contributed by atoms with E-state index < -0.39 is 0 Å². The van der Waals surface area contributed by atoms with Crippen LogP contribution in [-0.2, 0) is 0 Å². The lowest BCUT2D eigenvalue weighted by molar-refractivity contribution is 0.286. The molecule has 0 saturated carbocycles. The minimum absolute atomic E-state index is 0.215. The molecule has 1 aromatic rings. The summed E-state index contributed by atoms with van der Waals surface area (Å²) in [5.74, 6) is 1.11. The van der Waals surface area contributed by atoms with Gasteiger partial charge in [-0.15, -0.1) is 0 Å². The summed E-state index contributed by atoms with van der Waals surface area (Å²) in [4.78, 5) is 0. The second kappa shape index (κ2) is 11.4. The minimum Gasteiger partial charge on any atom is -0.379 e. The monoisotopic (exact) mass is 369 g/mol. The Morgan fingerprint density at radius 1 is 1.22 bits per heavy atom. The van der Waals surface area contributed by atoms with Gasteiger partial charge in [0.25, 0.3) is 0 Å². The Morgan fingerprint density at radius 2 is 1.85 bits per heavy atom. The Hall–Kier alpha value is -2.35. The van der Waals surface area contributed by atoms with Crippen molar-refractivity contribution in [2.75, 3.05) is 18.9 Å². The van der Waals surface area contributed by atoms with Gasteiger partial charge in [0.1, 0.15) is 0 Å². The maximum Gasteiger partial charge on any atom is 0.0991 e. The number of anilines is 1. The molecule has 1 N–H and O–H groups in total. The maximum atomic E-state index is 8.93. The van der Waals surface area contributed by atoms with Gasteiger partial charge in [0, 0.05) is 25.3 Å². The third kappa shape index (κ3) is 7.82. The lowest BCUT2D eigenvalue weighted by Crippen LogP contribution is -2.26. The number of allylic oxidation sites excluding steroid dienone is 1. The van der Waals surface area contributed by atoms with Crippen LogP contribution in [0.25, 0.3) is 0 Å². The summed E-state index contributed by atoms with van der Waals surface area (Å²) in [5.41, 5.74) is 2.97. The van der Waals surface area contributed by atoms with Crippen molar-refractivity contribution in [3.05, 3.63) is 41.5 Å². The fourth-order valence-corrected chi connectivity index (χ4v) is 2.65. The second-order valence-corrected chi connectivity index (χ2v) is 7.64. The summed E-state index contributed by atoms with van der Waals surface area (Å²) in [7, 11) is 1.97. The van der Waals surface area contributed by atoms with E-state index in [1.807, 2.05) is 36.3 Å². The Balaban J connectivity index is 2.65. The third-order valence-electron chi connectivity index (χ3n) is 5.30. The second-order valence-electron chi connectivity index (χ2n) is 7.64. The first-order valence-electron chi connectivity index (χ1n) is 9.79. The van der Waals surface area contributed by atoms with E-state index in [-0.39, 0.29) is 12.1 Å². The molecule has 0 spiro atoms. The highest BCUT2D eigenvalue weighted by Gasteiger charge is 2.15. The van der Waals surface area contributed by atoms with Crippen molar-refractivity contribution in [1.29, 1.82) is 5.26 Å². The van der Waals surface area contributed by atoms with Crippen molar-refractivity contribution in [2.24, 2.45) is 22.2 Å². The molecule has 1 rings (SSSR count). The van der Waals surface area contributed by atoms with Gasteiger partial charge in [-0.25, -0.2) is 0 Å². The van der Waals surface area contributed by atoms with Crippen LogP contribution >= 0.6 is 0 Å². The number of nitrogens with zero attached hydrogens (tertiary/aromatic N) is 4. The van der Waals surface area contributed by atoms with E-state index in [1.54, 1.807) is 0 Å². The maximum absolute atomic E-state index is 8.93. The highest BCUT2D eigenvalue weighted by atomic mass is 15.5. The van der Waals surface area contributed by atoms with Crippen LogP contribution in [0.5, 0.6) is 0 Å². The Morgan fingerprint density at radius 3 is 2.37 bits per heavy atom. The lowest BCUT2D eigenvalue weighted by Gasteiger charge is -2.23. The summed E-state index contributed by atoms with van der Waals surface area (Å²) in [6, 6.07) is 10.2. The molecule has 27 heavy (non-hydrogen) atoms. The van der Waals surface area contributed by atoms with Gasteiger partial charge in [0.05, 0.1) is 17.7 Å². The molecule has 1 aromatic carbocycles. The van der Waals surface area contributed by atoms with Crippen LogP contribution in [0.3, 0.4) is 0 Å². The van der Waals surface area contributed by atoms with Gasteiger partial charge >= 0.3 is 0 Å². The molecule has 2 unspecified atom stereocenters. The van der Waals surface area contributed by atoms with E-state index in [4.69, 9.17) is 5.26 Å². The van der Waals surface area contributed by atoms with Crippen molar-refractivity contribution in [1.82, 2.24) is 5.01 Å². The van der Waals surface area contributed by atoms with Crippen LogP contribution in [0, 0.1) is 23.2 Å². The van der Waals surface area contributed by atoms with Gasteiger partial charge in [0.2, 0.25) is 0 Å². The molecule has 0 aromatic heterocycles. The zero-order chi connectivity index (χ0) is 20.4. The van der Waals surface area contributed by atoms with Crippen molar-refractivity contribution in [3.63, 3.8) is 0 Å². The fraction of sp³-hybridized carbons (Fsp3) is 0.591. The first-order valence-corrected chi connectivity index (χ1v) is 9.79. The topological polar surface area (TPSA) is 63.8 Å².